The third kappa shape index (κ3) is 5.15. The lowest BCUT2D eigenvalue weighted by atomic mass is 9.97. The maximum Gasteiger partial charge on any atom is 0.332 e. The number of benzene rings is 1. The average Bonchev–Trinajstić information content (AvgIpc) is 2.80. The summed E-state index contributed by atoms with van der Waals surface area (Å²) in [6.45, 7) is 6.44. The maximum atomic E-state index is 12.9. The van der Waals surface area contributed by atoms with Gasteiger partial charge in [0.15, 0.2) is 11.5 Å². The van der Waals surface area contributed by atoms with Crippen molar-refractivity contribution in [3.63, 3.8) is 0 Å². The Bertz CT molecular complexity index is 1080. The molecule has 3 rings (SSSR count). The highest BCUT2D eigenvalue weighted by Crippen LogP contribution is 2.28. The Kier molecular flexibility index (Phi) is 7.61. The molecule has 1 aromatic carbocycles. The van der Waals surface area contributed by atoms with Crippen LogP contribution in [0.5, 0.6) is 11.5 Å². The van der Waals surface area contributed by atoms with Gasteiger partial charge in [0.25, 0.3) is 5.56 Å². The predicted octanol–water partition coefficient (Wildman–Crippen LogP) is 1.41. The van der Waals surface area contributed by atoms with Crippen LogP contribution in [-0.4, -0.2) is 41.3 Å². The van der Waals surface area contributed by atoms with Gasteiger partial charge in [0.1, 0.15) is 5.82 Å². The van der Waals surface area contributed by atoms with Crippen LogP contribution >= 0.6 is 0 Å². The minimum atomic E-state index is -0.375. The molecule has 1 fully saturated rings. The van der Waals surface area contributed by atoms with Gasteiger partial charge in [-0.3, -0.25) is 18.7 Å². The minimum Gasteiger partial charge on any atom is -0.490 e. The summed E-state index contributed by atoms with van der Waals surface area (Å²) in [5.41, 5.74) is 0.196. The molecule has 32 heavy (non-hydrogen) atoms. The summed E-state index contributed by atoms with van der Waals surface area (Å²) in [6, 6.07) is 7.11. The number of amides is 1. The van der Waals surface area contributed by atoms with E-state index in [2.05, 4.69) is 5.32 Å². The lowest BCUT2D eigenvalue weighted by Gasteiger charge is -2.34. The Labute approximate surface area is 187 Å². The van der Waals surface area contributed by atoms with E-state index in [-0.39, 0.29) is 23.1 Å². The number of hydrogen-bond donors (Lipinski definition) is 1. The molecule has 0 bridgehead atoms. The molecule has 1 aliphatic rings. The van der Waals surface area contributed by atoms with Crippen LogP contribution in [0.15, 0.2) is 33.9 Å². The van der Waals surface area contributed by atoms with Gasteiger partial charge in [-0.15, -0.1) is 0 Å². The number of carbonyl (C=O) groups excluding carboxylic acids is 1. The fraction of sp³-hybridized carbons (Fsp3) is 0.522. The van der Waals surface area contributed by atoms with Crippen molar-refractivity contribution in [2.75, 3.05) is 31.2 Å². The third-order valence-corrected chi connectivity index (χ3v) is 5.69. The summed E-state index contributed by atoms with van der Waals surface area (Å²) in [5.74, 6) is 1.62. The van der Waals surface area contributed by atoms with Crippen LogP contribution in [0, 0.1) is 5.92 Å². The zero-order valence-electron chi connectivity index (χ0n) is 19.2. The molecule has 1 atom stereocenters. The Balaban J connectivity index is 1.67. The number of carbonyl (C=O) groups is 1. The van der Waals surface area contributed by atoms with Crippen LogP contribution in [0.1, 0.15) is 32.3 Å². The lowest BCUT2D eigenvalue weighted by molar-refractivity contribution is -0.125. The SMILES string of the molecule is CCOc1ccc(CNC(=O)[C@@H]2CCCN(c3cc(=O)n(C)c(=O)n3C)C2)cc1OCC. The summed E-state index contributed by atoms with van der Waals surface area (Å²) < 4.78 is 13.8. The van der Waals surface area contributed by atoms with E-state index in [1.165, 1.54) is 17.7 Å². The van der Waals surface area contributed by atoms with E-state index in [1.54, 1.807) is 7.05 Å². The van der Waals surface area contributed by atoms with Gasteiger partial charge in [0, 0.05) is 39.8 Å². The molecule has 0 unspecified atom stereocenters. The summed E-state index contributed by atoms with van der Waals surface area (Å²) in [4.78, 5) is 39.2. The summed E-state index contributed by atoms with van der Waals surface area (Å²) in [5, 5.41) is 3.01. The quantitative estimate of drug-likeness (QED) is 0.662. The number of ether oxygens (including phenoxy) is 2. The van der Waals surface area contributed by atoms with Crippen molar-refractivity contribution < 1.29 is 14.3 Å². The number of hydrogen-bond acceptors (Lipinski definition) is 6. The predicted molar refractivity (Wildman–Crippen MR) is 122 cm³/mol. The van der Waals surface area contributed by atoms with Gasteiger partial charge >= 0.3 is 5.69 Å². The highest BCUT2D eigenvalue weighted by Gasteiger charge is 2.27. The molecule has 1 aliphatic heterocycles. The van der Waals surface area contributed by atoms with E-state index in [1.807, 2.05) is 36.9 Å². The van der Waals surface area contributed by atoms with E-state index >= 15 is 0 Å². The molecule has 0 saturated carbocycles. The monoisotopic (exact) mass is 444 g/mol. The molecule has 0 aliphatic carbocycles. The Hall–Kier alpha value is -3.23. The normalized spacial score (nSPS) is 16.0. The number of nitrogens with zero attached hydrogens (tertiary/aromatic N) is 3. The highest BCUT2D eigenvalue weighted by molar-refractivity contribution is 5.79. The van der Waals surface area contributed by atoms with Crippen LogP contribution in [0.3, 0.4) is 0 Å². The Morgan fingerprint density at radius 2 is 1.78 bits per heavy atom. The van der Waals surface area contributed by atoms with E-state index < -0.39 is 0 Å². The van der Waals surface area contributed by atoms with Crippen LogP contribution < -0.4 is 30.9 Å². The standard InChI is InChI=1S/C23H32N4O5/c1-5-31-18-10-9-16(12-19(18)32-6-2)14-24-22(29)17-8-7-11-27(15-17)20-13-21(28)26(4)23(30)25(20)3/h9-10,12-13,17H,5-8,11,14-15H2,1-4H3,(H,24,29)/t17-/m1/s1. The molecule has 2 heterocycles. The number of rotatable bonds is 8. The van der Waals surface area contributed by atoms with Crippen molar-refractivity contribution >= 4 is 11.7 Å². The summed E-state index contributed by atoms with van der Waals surface area (Å²) in [6.07, 6.45) is 1.56. The van der Waals surface area contributed by atoms with E-state index in [4.69, 9.17) is 9.47 Å². The average molecular weight is 445 g/mol. The van der Waals surface area contributed by atoms with Gasteiger partial charge < -0.3 is 19.7 Å². The fourth-order valence-electron chi connectivity index (χ4n) is 3.96. The molecule has 9 nitrogen and oxygen atoms in total. The molecule has 9 heteroatoms. The number of aromatic nitrogens is 2. The highest BCUT2D eigenvalue weighted by atomic mass is 16.5. The second kappa shape index (κ2) is 10.4. The maximum absolute atomic E-state index is 12.9. The Morgan fingerprint density at radius 1 is 1.06 bits per heavy atom. The van der Waals surface area contributed by atoms with E-state index in [0.717, 1.165) is 23.0 Å². The summed E-state index contributed by atoms with van der Waals surface area (Å²) >= 11 is 0. The van der Waals surface area contributed by atoms with Crippen molar-refractivity contribution in [3.05, 3.63) is 50.7 Å². The van der Waals surface area contributed by atoms with Gasteiger partial charge in [-0.25, -0.2) is 4.79 Å². The topological polar surface area (TPSA) is 94.8 Å². The smallest absolute Gasteiger partial charge is 0.332 e. The van der Waals surface area contributed by atoms with Crippen molar-refractivity contribution in [2.45, 2.75) is 33.2 Å². The van der Waals surface area contributed by atoms with Crippen molar-refractivity contribution in [1.29, 1.82) is 0 Å². The molecule has 1 N–H and O–H groups in total. The number of anilines is 1. The largest absolute Gasteiger partial charge is 0.490 e. The molecule has 174 valence electrons. The lowest BCUT2D eigenvalue weighted by Crippen LogP contribution is -2.46. The molecular formula is C23H32N4O5. The van der Waals surface area contributed by atoms with Gasteiger partial charge in [0.05, 0.1) is 19.1 Å². The van der Waals surface area contributed by atoms with Crippen molar-refractivity contribution in [3.8, 4) is 11.5 Å². The Morgan fingerprint density at radius 3 is 2.50 bits per heavy atom. The minimum absolute atomic E-state index is 0.0459. The molecule has 1 saturated heterocycles. The third-order valence-electron chi connectivity index (χ3n) is 5.69. The first-order valence-electron chi connectivity index (χ1n) is 11.0. The molecular weight excluding hydrogens is 412 g/mol. The van der Waals surface area contributed by atoms with Crippen LogP contribution in [0.2, 0.25) is 0 Å². The van der Waals surface area contributed by atoms with E-state index in [0.29, 0.717) is 50.2 Å². The van der Waals surface area contributed by atoms with Crippen molar-refractivity contribution in [1.82, 2.24) is 14.5 Å². The molecule has 1 amide bonds. The summed E-state index contributed by atoms with van der Waals surface area (Å²) in [7, 11) is 3.10. The fourth-order valence-corrected chi connectivity index (χ4v) is 3.96. The zero-order chi connectivity index (χ0) is 23.3. The number of nitrogens with one attached hydrogen (secondary N) is 1. The second-order valence-corrected chi connectivity index (χ2v) is 7.89. The zero-order valence-corrected chi connectivity index (χ0v) is 19.2. The first-order chi connectivity index (χ1) is 15.3. The molecule has 2 aromatic rings. The van der Waals surface area contributed by atoms with Gasteiger partial charge in [-0.1, -0.05) is 6.07 Å². The first-order valence-corrected chi connectivity index (χ1v) is 11.0. The van der Waals surface area contributed by atoms with E-state index in [9.17, 15) is 14.4 Å². The van der Waals surface area contributed by atoms with Crippen molar-refractivity contribution in [2.24, 2.45) is 20.0 Å². The first kappa shape index (κ1) is 23.4. The van der Waals surface area contributed by atoms with Crippen LogP contribution in [0.25, 0.3) is 0 Å². The number of piperidine rings is 1. The van der Waals surface area contributed by atoms with Crippen LogP contribution in [0.4, 0.5) is 5.82 Å². The molecule has 0 radical (unpaired) electrons. The van der Waals surface area contributed by atoms with Gasteiger partial charge in [-0.2, -0.15) is 0 Å². The van der Waals surface area contributed by atoms with Crippen LogP contribution in [-0.2, 0) is 25.4 Å². The second-order valence-electron chi connectivity index (χ2n) is 7.89. The van der Waals surface area contributed by atoms with Gasteiger partial charge in [-0.05, 0) is 44.4 Å². The molecule has 1 aromatic heterocycles. The molecule has 0 spiro atoms. The van der Waals surface area contributed by atoms with Gasteiger partial charge in [0.2, 0.25) is 5.91 Å².